The highest BCUT2D eigenvalue weighted by atomic mass is 16.5. The minimum absolute atomic E-state index is 0.121. The molecule has 25 heavy (non-hydrogen) atoms. The third-order valence-electron chi connectivity index (χ3n) is 4.16. The van der Waals surface area contributed by atoms with Crippen LogP contribution in [0.25, 0.3) is 10.8 Å². The molecule has 1 amide bonds. The van der Waals surface area contributed by atoms with Gasteiger partial charge >= 0.3 is 0 Å². The van der Waals surface area contributed by atoms with E-state index in [2.05, 4.69) is 10.4 Å². The molecule has 6 nitrogen and oxygen atoms in total. The summed E-state index contributed by atoms with van der Waals surface area (Å²) in [5.74, 6) is 1.18. The second kappa shape index (κ2) is 6.84. The number of carbonyl (C=O) groups is 1. The van der Waals surface area contributed by atoms with Crippen LogP contribution in [0.1, 0.15) is 11.3 Å². The van der Waals surface area contributed by atoms with Gasteiger partial charge in [-0.1, -0.05) is 24.3 Å². The number of nitrogens with one attached hydrogen (secondary N) is 1. The Hall–Kier alpha value is -3.02. The number of rotatable bonds is 5. The number of benzene rings is 2. The smallest absolute Gasteiger partial charge is 0.236 e. The van der Waals surface area contributed by atoms with Crippen LogP contribution in [0.3, 0.4) is 0 Å². The van der Waals surface area contributed by atoms with Crippen LogP contribution in [0.2, 0.25) is 0 Å². The van der Waals surface area contributed by atoms with Gasteiger partial charge in [0, 0.05) is 7.05 Å². The van der Waals surface area contributed by atoms with Crippen molar-refractivity contribution in [1.82, 2.24) is 9.78 Å². The first-order valence-corrected chi connectivity index (χ1v) is 7.96. The van der Waals surface area contributed by atoms with Crippen molar-refractivity contribution in [3.8, 4) is 11.6 Å². The molecule has 130 valence electrons. The lowest BCUT2D eigenvalue weighted by molar-refractivity contribution is -0.115. The molecule has 0 aliphatic carbocycles. The van der Waals surface area contributed by atoms with Crippen molar-refractivity contribution >= 4 is 22.4 Å². The van der Waals surface area contributed by atoms with Crippen molar-refractivity contribution in [2.75, 3.05) is 19.5 Å². The normalized spacial score (nSPS) is 10.7. The minimum Gasteiger partial charge on any atom is -0.497 e. The van der Waals surface area contributed by atoms with Gasteiger partial charge in [0.2, 0.25) is 11.8 Å². The molecule has 6 heteroatoms. The van der Waals surface area contributed by atoms with Crippen molar-refractivity contribution in [2.45, 2.75) is 13.3 Å². The topological polar surface area (TPSA) is 65.4 Å². The molecule has 0 radical (unpaired) electrons. The van der Waals surface area contributed by atoms with Gasteiger partial charge in [-0.2, -0.15) is 5.10 Å². The number of hydrogen-bond donors (Lipinski definition) is 1. The highest BCUT2D eigenvalue weighted by Crippen LogP contribution is 2.28. The molecule has 0 atom stereocenters. The highest BCUT2D eigenvalue weighted by Gasteiger charge is 2.17. The van der Waals surface area contributed by atoms with E-state index in [1.165, 1.54) is 0 Å². The van der Waals surface area contributed by atoms with Gasteiger partial charge in [-0.25, -0.2) is 4.68 Å². The van der Waals surface area contributed by atoms with E-state index < -0.39 is 0 Å². The molecule has 0 aliphatic rings. The fraction of sp³-hybridized carbons (Fsp3) is 0.263. The molecule has 0 bridgehead atoms. The fourth-order valence-electron chi connectivity index (χ4n) is 2.97. The summed E-state index contributed by atoms with van der Waals surface area (Å²) in [6.45, 7) is 1.83. The predicted molar refractivity (Wildman–Crippen MR) is 97.3 cm³/mol. The van der Waals surface area contributed by atoms with E-state index in [9.17, 15) is 4.79 Å². The molecule has 3 rings (SSSR count). The minimum atomic E-state index is -0.121. The standard InChI is InChI=1S/C19H21N3O3/c1-12-18(19(25-4)22(2)21-12)20-17(23)10-14-7-5-6-13-8-9-15(24-3)11-16(13)14/h5-9,11H,10H2,1-4H3,(H,20,23). The number of methoxy groups -OCH3 is 2. The molecule has 0 fully saturated rings. The van der Waals surface area contributed by atoms with Crippen LogP contribution < -0.4 is 14.8 Å². The molecule has 2 aromatic carbocycles. The maximum atomic E-state index is 12.6. The first-order chi connectivity index (χ1) is 12.0. The van der Waals surface area contributed by atoms with Crippen LogP contribution in [-0.4, -0.2) is 29.9 Å². The van der Waals surface area contributed by atoms with Gasteiger partial charge in [0.15, 0.2) is 0 Å². The summed E-state index contributed by atoms with van der Waals surface area (Å²) in [4.78, 5) is 12.6. The lowest BCUT2D eigenvalue weighted by atomic mass is 10.0. The summed E-state index contributed by atoms with van der Waals surface area (Å²) in [7, 11) is 4.97. The Morgan fingerprint density at radius 2 is 2.00 bits per heavy atom. The first kappa shape index (κ1) is 16.8. The Morgan fingerprint density at radius 3 is 2.72 bits per heavy atom. The van der Waals surface area contributed by atoms with E-state index in [4.69, 9.17) is 9.47 Å². The zero-order valence-electron chi connectivity index (χ0n) is 14.8. The average molecular weight is 339 g/mol. The summed E-state index contributed by atoms with van der Waals surface area (Å²) in [6, 6.07) is 11.8. The number of aromatic nitrogens is 2. The monoisotopic (exact) mass is 339 g/mol. The van der Waals surface area contributed by atoms with E-state index in [1.54, 1.807) is 25.9 Å². The SMILES string of the molecule is COc1ccc2cccc(CC(=O)Nc3c(C)nn(C)c3OC)c2c1. The first-order valence-electron chi connectivity index (χ1n) is 7.96. The van der Waals surface area contributed by atoms with Crippen LogP contribution in [0, 0.1) is 6.92 Å². The lowest BCUT2D eigenvalue weighted by Crippen LogP contribution is -2.15. The van der Waals surface area contributed by atoms with Crippen LogP contribution in [0.15, 0.2) is 36.4 Å². The summed E-state index contributed by atoms with van der Waals surface area (Å²) >= 11 is 0. The molecule has 1 aromatic heterocycles. The molecule has 0 unspecified atom stereocenters. The van der Waals surface area contributed by atoms with Gasteiger partial charge in [-0.05, 0) is 35.4 Å². The molecular weight excluding hydrogens is 318 g/mol. The van der Waals surface area contributed by atoms with Gasteiger partial charge in [0.1, 0.15) is 11.4 Å². The maximum Gasteiger partial charge on any atom is 0.236 e. The third-order valence-corrected chi connectivity index (χ3v) is 4.16. The number of amides is 1. The lowest BCUT2D eigenvalue weighted by Gasteiger charge is -2.10. The zero-order valence-corrected chi connectivity index (χ0v) is 14.8. The summed E-state index contributed by atoms with van der Waals surface area (Å²) in [6.07, 6.45) is 0.252. The Labute approximate surface area is 146 Å². The number of anilines is 1. The second-order valence-electron chi connectivity index (χ2n) is 5.82. The van der Waals surface area contributed by atoms with Crippen LogP contribution >= 0.6 is 0 Å². The average Bonchev–Trinajstić information content (AvgIpc) is 2.87. The molecular formula is C19H21N3O3. The molecule has 0 aliphatic heterocycles. The Kier molecular flexibility index (Phi) is 4.61. The zero-order chi connectivity index (χ0) is 18.0. The number of hydrogen-bond acceptors (Lipinski definition) is 4. The number of ether oxygens (including phenoxy) is 2. The van der Waals surface area contributed by atoms with E-state index in [-0.39, 0.29) is 12.3 Å². The van der Waals surface area contributed by atoms with E-state index in [1.807, 2.05) is 43.3 Å². The van der Waals surface area contributed by atoms with Crippen molar-refractivity contribution in [2.24, 2.45) is 7.05 Å². The van der Waals surface area contributed by atoms with Crippen LogP contribution in [0.4, 0.5) is 5.69 Å². The Bertz CT molecular complexity index is 931. The summed E-state index contributed by atoms with van der Waals surface area (Å²) in [5, 5.41) is 9.27. The maximum absolute atomic E-state index is 12.6. The van der Waals surface area contributed by atoms with Gasteiger partial charge in [0.05, 0.1) is 26.3 Å². The molecule has 0 spiro atoms. The number of fused-ring (bicyclic) bond motifs is 1. The molecule has 1 heterocycles. The van der Waals surface area contributed by atoms with Crippen molar-refractivity contribution in [1.29, 1.82) is 0 Å². The summed E-state index contributed by atoms with van der Waals surface area (Å²) < 4.78 is 12.2. The number of aryl methyl sites for hydroxylation is 2. The van der Waals surface area contributed by atoms with Crippen molar-refractivity contribution < 1.29 is 14.3 Å². The molecule has 3 aromatic rings. The van der Waals surface area contributed by atoms with Crippen LogP contribution in [-0.2, 0) is 18.3 Å². The number of carbonyl (C=O) groups excluding carboxylic acids is 1. The van der Waals surface area contributed by atoms with Crippen molar-refractivity contribution in [3.05, 3.63) is 47.7 Å². The number of nitrogens with zero attached hydrogens (tertiary/aromatic N) is 2. The third kappa shape index (κ3) is 3.28. The van der Waals surface area contributed by atoms with Gasteiger partial charge in [-0.15, -0.1) is 0 Å². The Morgan fingerprint density at radius 1 is 1.20 bits per heavy atom. The second-order valence-corrected chi connectivity index (χ2v) is 5.82. The molecule has 1 N–H and O–H groups in total. The van der Waals surface area contributed by atoms with E-state index in [0.717, 1.165) is 22.1 Å². The van der Waals surface area contributed by atoms with Crippen molar-refractivity contribution in [3.63, 3.8) is 0 Å². The van der Waals surface area contributed by atoms with Gasteiger partial charge in [0.25, 0.3) is 0 Å². The van der Waals surface area contributed by atoms with Crippen LogP contribution in [0.5, 0.6) is 11.6 Å². The quantitative estimate of drug-likeness (QED) is 0.776. The fourth-order valence-corrected chi connectivity index (χ4v) is 2.97. The Balaban J connectivity index is 1.88. The molecule has 0 saturated heterocycles. The largest absolute Gasteiger partial charge is 0.497 e. The molecule has 0 saturated carbocycles. The van der Waals surface area contributed by atoms with E-state index in [0.29, 0.717) is 17.3 Å². The van der Waals surface area contributed by atoms with E-state index >= 15 is 0 Å². The summed E-state index contributed by atoms with van der Waals surface area (Å²) in [5.41, 5.74) is 2.26. The predicted octanol–water partition coefficient (Wildman–Crippen LogP) is 3.08. The van der Waals surface area contributed by atoms with Gasteiger partial charge < -0.3 is 14.8 Å². The highest BCUT2D eigenvalue weighted by molar-refractivity contribution is 5.97. The van der Waals surface area contributed by atoms with Gasteiger partial charge in [-0.3, -0.25) is 4.79 Å².